The van der Waals surface area contributed by atoms with Crippen LogP contribution < -0.4 is 15.4 Å². The van der Waals surface area contributed by atoms with Gasteiger partial charge < -0.3 is 25.0 Å². The van der Waals surface area contributed by atoms with E-state index in [0.29, 0.717) is 58.1 Å². The number of carboxylic acid groups (broad SMARTS) is 1. The second-order valence-corrected chi connectivity index (χ2v) is 16.5. The third-order valence-corrected chi connectivity index (χ3v) is 13.2. The molecule has 3 N–H and O–H groups in total. The molecule has 4 aliphatic rings. The van der Waals surface area contributed by atoms with Crippen LogP contribution in [0.3, 0.4) is 0 Å². The Balaban J connectivity index is 0.951. The van der Waals surface area contributed by atoms with Crippen molar-refractivity contribution in [3.05, 3.63) is 92.7 Å². The second-order valence-electron chi connectivity index (χ2n) is 15.8. The summed E-state index contributed by atoms with van der Waals surface area (Å²) in [5, 5.41) is 16.8. The Morgan fingerprint density at radius 1 is 1.09 bits per heavy atom. The van der Waals surface area contributed by atoms with Crippen molar-refractivity contribution in [2.75, 3.05) is 25.5 Å². The summed E-state index contributed by atoms with van der Waals surface area (Å²) in [5.41, 5.74) is 4.51. The lowest BCUT2D eigenvalue weighted by molar-refractivity contribution is -0.148. The Morgan fingerprint density at radius 2 is 1.84 bits per heavy atom. The molecule has 10 nitrogen and oxygen atoms in total. The smallest absolute Gasteiger partial charge is 0.309 e. The molecule has 55 heavy (non-hydrogen) atoms. The fraction of sp³-hybridized carbons (Fsp3) is 0.429. The Kier molecular flexibility index (Phi) is 10.3. The number of aliphatic carboxylic acids is 1. The van der Waals surface area contributed by atoms with Gasteiger partial charge in [0.1, 0.15) is 17.3 Å². The van der Waals surface area contributed by atoms with Crippen molar-refractivity contribution in [3.63, 3.8) is 0 Å². The molecule has 1 aliphatic heterocycles. The van der Waals surface area contributed by atoms with E-state index in [-0.39, 0.29) is 22.0 Å². The first kappa shape index (κ1) is 37.6. The van der Waals surface area contributed by atoms with E-state index in [1.165, 1.54) is 6.08 Å². The van der Waals surface area contributed by atoms with Gasteiger partial charge in [0.05, 0.1) is 34.0 Å². The molecule has 4 aromatic rings. The minimum Gasteiger partial charge on any atom is -0.496 e. The maximum atomic E-state index is 15.6. The number of fused-ring (bicyclic) bond motifs is 3. The summed E-state index contributed by atoms with van der Waals surface area (Å²) in [6, 6.07) is 12.7. The molecule has 13 heteroatoms. The first-order chi connectivity index (χ1) is 26.5. The standard InChI is InChI=1S/C42H45Cl2FN6O4/c1-50-34-11-17-51(18-16-41-12-14-42(24-41,15-13-41)40(53)54)23-33(34)48-38(50)39(52)49-31-8-4-7-29(37(31)44)28-6-3-5-25(36(28)43)19-30(45)32-20-35(55-2)26(22-47-32)21-46-27-9-10-27/h3-8,19-20,22,27,46H,9-18,21,23-24H2,1-2H3,(H,49,52)(H,53,54)/b30-19-. The zero-order valence-corrected chi connectivity index (χ0v) is 32.6. The number of hydrogen-bond donors (Lipinski definition) is 3. The summed E-state index contributed by atoms with van der Waals surface area (Å²) in [5.74, 6) is -0.734. The van der Waals surface area contributed by atoms with Crippen LogP contribution in [0.2, 0.25) is 10.0 Å². The van der Waals surface area contributed by atoms with E-state index in [1.807, 2.05) is 11.6 Å². The van der Waals surface area contributed by atoms with Crippen molar-refractivity contribution in [1.82, 2.24) is 24.8 Å². The summed E-state index contributed by atoms with van der Waals surface area (Å²) in [7, 11) is 3.42. The van der Waals surface area contributed by atoms with E-state index in [0.717, 1.165) is 87.8 Å². The Morgan fingerprint density at radius 3 is 2.55 bits per heavy atom. The van der Waals surface area contributed by atoms with Crippen LogP contribution in [-0.2, 0) is 31.4 Å². The van der Waals surface area contributed by atoms with Gasteiger partial charge in [-0.15, -0.1) is 0 Å². The van der Waals surface area contributed by atoms with Gasteiger partial charge in [-0.1, -0.05) is 53.5 Å². The van der Waals surface area contributed by atoms with Gasteiger partial charge in [-0.05, 0) is 81.0 Å². The number of nitrogens with zero attached hydrogens (tertiary/aromatic N) is 4. The number of hydrogen-bond acceptors (Lipinski definition) is 7. The van der Waals surface area contributed by atoms with Gasteiger partial charge >= 0.3 is 5.97 Å². The number of carbonyl (C=O) groups is 2. The number of imidazole rings is 1. The lowest BCUT2D eigenvalue weighted by Crippen LogP contribution is -2.34. The molecule has 2 aromatic carbocycles. The molecule has 0 spiro atoms. The highest BCUT2D eigenvalue weighted by molar-refractivity contribution is 6.39. The summed E-state index contributed by atoms with van der Waals surface area (Å²) in [6.07, 6.45) is 11.4. The summed E-state index contributed by atoms with van der Waals surface area (Å²) in [6.45, 7) is 2.99. The molecule has 3 fully saturated rings. The summed E-state index contributed by atoms with van der Waals surface area (Å²) >= 11 is 13.8. The number of anilines is 1. The first-order valence-electron chi connectivity index (χ1n) is 19.0. The number of aromatic nitrogens is 3. The van der Waals surface area contributed by atoms with Crippen LogP contribution in [0.25, 0.3) is 23.0 Å². The number of carbonyl (C=O) groups excluding carboxylic acids is 1. The molecule has 2 bridgehead atoms. The van der Waals surface area contributed by atoms with Crippen LogP contribution in [-0.4, -0.2) is 62.7 Å². The second kappa shape index (κ2) is 15.0. The first-order valence-corrected chi connectivity index (χ1v) is 19.8. The minimum absolute atomic E-state index is 0.130. The number of amides is 1. The van der Waals surface area contributed by atoms with Gasteiger partial charge in [0.2, 0.25) is 0 Å². The van der Waals surface area contributed by atoms with Crippen LogP contribution in [0.4, 0.5) is 10.1 Å². The van der Waals surface area contributed by atoms with Crippen molar-refractivity contribution >= 4 is 52.7 Å². The summed E-state index contributed by atoms with van der Waals surface area (Å²) in [4.78, 5) is 37.2. The zero-order chi connectivity index (χ0) is 38.5. The number of nitrogens with one attached hydrogen (secondary N) is 2. The van der Waals surface area contributed by atoms with Gasteiger partial charge in [0.25, 0.3) is 5.91 Å². The quantitative estimate of drug-likeness (QED) is 0.123. The van der Waals surface area contributed by atoms with Gasteiger partial charge in [-0.25, -0.2) is 9.37 Å². The number of methoxy groups -OCH3 is 1. The maximum absolute atomic E-state index is 15.6. The third kappa shape index (κ3) is 7.39. The van der Waals surface area contributed by atoms with Crippen LogP contribution in [0.15, 0.2) is 48.7 Å². The van der Waals surface area contributed by atoms with E-state index in [4.69, 9.17) is 32.9 Å². The lowest BCUT2D eigenvalue weighted by Gasteiger charge is -2.32. The van der Waals surface area contributed by atoms with E-state index in [2.05, 4.69) is 20.5 Å². The number of pyridine rings is 1. The summed E-state index contributed by atoms with van der Waals surface area (Å²) < 4.78 is 23.0. The van der Waals surface area contributed by atoms with Gasteiger partial charge in [-0.2, -0.15) is 0 Å². The Labute approximate surface area is 330 Å². The molecule has 0 atom stereocenters. The van der Waals surface area contributed by atoms with Gasteiger partial charge in [0, 0.05) is 73.8 Å². The highest BCUT2D eigenvalue weighted by Crippen LogP contribution is 2.63. The molecule has 288 valence electrons. The van der Waals surface area contributed by atoms with Crippen LogP contribution in [0, 0.1) is 10.8 Å². The van der Waals surface area contributed by atoms with E-state index in [1.54, 1.807) is 55.8 Å². The molecule has 8 rings (SSSR count). The Bertz CT molecular complexity index is 2190. The van der Waals surface area contributed by atoms with E-state index >= 15 is 4.39 Å². The SMILES string of the molecule is COc1cc(/C(F)=C/c2cccc(-c3cccc(NC(=O)c4nc5c(n4C)CCN(CCC46CCC(C(=O)O)(CC4)C6)C5)c3Cl)c2Cl)ncc1CNC1CC1. The fourth-order valence-electron chi connectivity index (χ4n) is 8.88. The number of carboxylic acids is 1. The number of halogens is 3. The molecule has 3 aliphatic carbocycles. The average molecular weight is 788 g/mol. The monoisotopic (exact) mass is 786 g/mol. The Hall–Kier alpha value is -4.29. The largest absolute Gasteiger partial charge is 0.496 e. The van der Waals surface area contributed by atoms with E-state index in [9.17, 15) is 14.7 Å². The third-order valence-electron chi connectivity index (χ3n) is 12.3. The minimum atomic E-state index is -0.631. The maximum Gasteiger partial charge on any atom is 0.309 e. The molecule has 2 aromatic heterocycles. The van der Waals surface area contributed by atoms with Gasteiger partial charge in [-0.3, -0.25) is 19.5 Å². The van der Waals surface area contributed by atoms with Crippen LogP contribution in [0.1, 0.15) is 90.2 Å². The van der Waals surface area contributed by atoms with Crippen molar-refractivity contribution in [3.8, 4) is 16.9 Å². The molecule has 3 saturated carbocycles. The van der Waals surface area contributed by atoms with Crippen LogP contribution >= 0.6 is 23.2 Å². The average Bonchev–Trinajstić information content (AvgIpc) is 3.70. The molecule has 1 amide bonds. The predicted octanol–water partition coefficient (Wildman–Crippen LogP) is 8.55. The highest BCUT2D eigenvalue weighted by Gasteiger charge is 2.57. The zero-order valence-electron chi connectivity index (χ0n) is 31.1. The fourth-order valence-corrected chi connectivity index (χ4v) is 9.44. The lowest BCUT2D eigenvalue weighted by atomic mass is 9.80. The van der Waals surface area contributed by atoms with Gasteiger partial charge in [0.15, 0.2) is 5.82 Å². The highest BCUT2D eigenvalue weighted by atomic mass is 35.5. The molecular weight excluding hydrogens is 742 g/mol. The normalized spacial score (nSPS) is 22.2. The molecular formula is C42H45Cl2FN6O4. The van der Waals surface area contributed by atoms with E-state index < -0.39 is 17.2 Å². The number of rotatable bonds is 13. The van der Waals surface area contributed by atoms with Crippen molar-refractivity contribution in [2.24, 2.45) is 17.9 Å². The van der Waals surface area contributed by atoms with Crippen molar-refractivity contribution in [2.45, 2.75) is 76.9 Å². The molecule has 0 unspecified atom stereocenters. The molecule has 0 saturated heterocycles. The predicted molar refractivity (Wildman–Crippen MR) is 212 cm³/mol. The topological polar surface area (TPSA) is 122 Å². The number of ether oxygens (including phenoxy) is 1. The van der Waals surface area contributed by atoms with Crippen molar-refractivity contribution in [1.29, 1.82) is 0 Å². The molecule has 0 radical (unpaired) electrons. The number of benzene rings is 2. The molecule has 3 heterocycles. The van der Waals surface area contributed by atoms with Crippen LogP contribution in [0.5, 0.6) is 5.75 Å². The van der Waals surface area contributed by atoms with Crippen molar-refractivity contribution < 1.29 is 23.8 Å².